The second kappa shape index (κ2) is 4.88. The topological polar surface area (TPSA) is 68.9 Å². The van der Waals surface area contributed by atoms with Crippen molar-refractivity contribution < 1.29 is 9.31 Å². The second-order valence-electron chi connectivity index (χ2n) is 3.01. The van der Waals surface area contributed by atoms with Gasteiger partial charge in [-0.2, -0.15) is 4.39 Å². The number of para-hydroxylation sites is 1. The van der Waals surface area contributed by atoms with E-state index in [9.17, 15) is 14.5 Å². The van der Waals surface area contributed by atoms with Crippen LogP contribution >= 0.6 is 11.8 Å². The second-order valence-corrected chi connectivity index (χ2v) is 4.07. The maximum absolute atomic E-state index is 12.8. The fourth-order valence-electron chi connectivity index (χ4n) is 1.18. The third-order valence-corrected chi connectivity index (χ3v) is 2.88. The molecule has 0 saturated carbocycles. The van der Waals surface area contributed by atoms with Crippen molar-refractivity contribution >= 4 is 17.4 Å². The lowest BCUT2D eigenvalue weighted by molar-refractivity contribution is -0.387. The first-order chi connectivity index (χ1) is 8.16. The molecule has 0 spiro atoms. The van der Waals surface area contributed by atoms with Gasteiger partial charge in [0.2, 0.25) is 5.95 Å². The molecule has 2 rings (SSSR count). The zero-order valence-electron chi connectivity index (χ0n) is 8.41. The Morgan fingerprint density at radius 2 is 2.06 bits per heavy atom. The van der Waals surface area contributed by atoms with Gasteiger partial charge in [0.15, 0.2) is 0 Å². The standard InChI is InChI=1S/C10H6FN3O2S/c11-9-5-10(13-6-12-9)17-8-4-2-1-3-7(8)14(15)16/h1-6H. The first kappa shape index (κ1) is 11.5. The number of hydrogen-bond acceptors (Lipinski definition) is 5. The van der Waals surface area contributed by atoms with Crippen LogP contribution in [0.25, 0.3) is 0 Å². The Balaban J connectivity index is 2.33. The van der Waals surface area contributed by atoms with Gasteiger partial charge >= 0.3 is 0 Å². The Hall–Kier alpha value is -2.02. The lowest BCUT2D eigenvalue weighted by Crippen LogP contribution is -1.91. The Labute approximate surface area is 99.9 Å². The molecule has 0 bridgehead atoms. The number of benzene rings is 1. The molecular formula is C10H6FN3O2S. The molecular weight excluding hydrogens is 245 g/mol. The van der Waals surface area contributed by atoms with Crippen molar-refractivity contribution in [3.63, 3.8) is 0 Å². The quantitative estimate of drug-likeness (QED) is 0.476. The summed E-state index contributed by atoms with van der Waals surface area (Å²) in [6.07, 6.45) is 1.08. The van der Waals surface area contributed by atoms with Gasteiger partial charge in [0.1, 0.15) is 11.4 Å². The van der Waals surface area contributed by atoms with Crippen LogP contribution in [0.1, 0.15) is 0 Å². The van der Waals surface area contributed by atoms with Gasteiger partial charge in [0, 0.05) is 12.1 Å². The monoisotopic (exact) mass is 251 g/mol. The fourth-order valence-corrected chi connectivity index (χ4v) is 2.06. The van der Waals surface area contributed by atoms with Crippen molar-refractivity contribution in [1.29, 1.82) is 0 Å². The Kier molecular flexibility index (Phi) is 3.29. The first-order valence-corrected chi connectivity index (χ1v) is 5.37. The van der Waals surface area contributed by atoms with Crippen LogP contribution in [0.5, 0.6) is 0 Å². The summed E-state index contributed by atoms with van der Waals surface area (Å²) in [4.78, 5) is 17.8. The number of rotatable bonds is 3. The minimum absolute atomic E-state index is 0.0310. The zero-order chi connectivity index (χ0) is 12.3. The summed E-state index contributed by atoms with van der Waals surface area (Å²) in [6, 6.07) is 7.35. The molecule has 5 nitrogen and oxygen atoms in total. The van der Waals surface area contributed by atoms with E-state index in [2.05, 4.69) is 9.97 Å². The molecule has 0 fully saturated rings. The van der Waals surface area contributed by atoms with Crippen molar-refractivity contribution in [3.05, 3.63) is 52.7 Å². The van der Waals surface area contributed by atoms with Crippen LogP contribution in [0, 0.1) is 16.1 Å². The van der Waals surface area contributed by atoms with E-state index in [4.69, 9.17) is 0 Å². The molecule has 1 heterocycles. The fraction of sp³-hybridized carbons (Fsp3) is 0. The van der Waals surface area contributed by atoms with Crippen molar-refractivity contribution in [1.82, 2.24) is 9.97 Å². The van der Waals surface area contributed by atoms with Gasteiger partial charge in [0.25, 0.3) is 5.69 Å². The lowest BCUT2D eigenvalue weighted by atomic mass is 10.3. The molecule has 86 valence electrons. The molecule has 2 aromatic rings. The Bertz CT molecular complexity index is 565. The summed E-state index contributed by atoms with van der Waals surface area (Å²) in [5, 5.41) is 11.1. The highest BCUT2D eigenvalue weighted by Crippen LogP contribution is 2.33. The molecule has 0 amide bonds. The van der Waals surface area contributed by atoms with E-state index in [1.54, 1.807) is 18.2 Å². The molecule has 17 heavy (non-hydrogen) atoms. The van der Waals surface area contributed by atoms with E-state index in [0.717, 1.165) is 24.2 Å². The van der Waals surface area contributed by atoms with Crippen molar-refractivity contribution in [2.45, 2.75) is 9.92 Å². The average molecular weight is 251 g/mol. The van der Waals surface area contributed by atoms with Crippen LogP contribution < -0.4 is 0 Å². The largest absolute Gasteiger partial charge is 0.283 e. The van der Waals surface area contributed by atoms with Crippen molar-refractivity contribution in [2.24, 2.45) is 0 Å². The number of nitro benzene ring substituents is 1. The minimum Gasteiger partial charge on any atom is -0.258 e. The van der Waals surface area contributed by atoms with E-state index in [-0.39, 0.29) is 5.69 Å². The number of nitrogens with zero attached hydrogens (tertiary/aromatic N) is 3. The average Bonchev–Trinajstić information content (AvgIpc) is 2.29. The Morgan fingerprint density at radius 3 is 2.76 bits per heavy atom. The van der Waals surface area contributed by atoms with Crippen LogP contribution in [0.4, 0.5) is 10.1 Å². The molecule has 1 aromatic heterocycles. The molecule has 0 unspecified atom stereocenters. The molecule has 7 heteroatoms. The number of nitro groups is 1. The first-order valence-electron chi connectivity index (χ1n) is 4.55. The lowest BCUT2D eigenvalue weighted by Gasteiger charge is -2.01. The van der Waals surface area contributed by atoms with Gasteiger partial charge in [0.05, 0.1) is 9.82 Å². The summed E-state index contributed by atoms with van der Waals surface area (Å²) in [5.41, 5.74) is -0.0310. The summed E-state index contributed by atoms with van der Waals surface area (Å²) in [5.74, 6) is -0.666. The van der Waals surface area contributed by atoms with Crippen LogP contribution in [-0.2, 0) is 0 Å². The highest BCUT2D eigenvalue weighted by atomic mass is 32.2. The Morgan fingerprint density at radius 1 is 1.29 bits per heavy atom. The van der Waals surface area contributed by atoms with E-state index in [1.807, 2.05) is 0 Å². The molecule has 0 saturated heterocycles. The SMILES string of the molecule is O=[N+]([O-])c1ccccc1Sc1cc(F)ncn1. The van der Waals surface area contributed by atoms with Gasteiger partial charge in [-0.15, -0.1) is 0 Å². The third kappa shape index (κ3) is 2.76. The predicted octanol–water partition coefficient (Wildman–Crippen LogP) is 2.68. The summed E-state index contributed by atoms with van der Waals surface area (Å²) in [6.45, 7) is 0. The van der Waals surface area contributed by atoms with Gasteiger partial charge in [-0.3, -0.25) is 10.1 Å². The molecule has 0 atom stereocenters. The summed E-state index contributed by atoms with van der Waals surface area (Å²) >= 11 is 1.02. The highest BCUT2D eigenvalue weighted by Gasteiger charge is 2.14. The van der Waals surface area contributed by atoms with Crippen LogP contribution in [0.15, 0.2) is 46.6 Å². The predicted molar refractivity (Wildman–Crippen MR) is 59.2 cm³/mol. The molecule has 1 aromatic carbocycles. The normalized spacial score (nSPS) is 10.2. The maximum Gasteiger partial charge on any atom is 0.283 e. The highest BCUT2D eigenvalue weighted by molar-refractivity contribution is 7.99. The van der Waals surface area contributed by atoms with E-state index >= 15 is 0 Å². The van der Waals surface area contributed by atoms with Crippen LogP contribution in [0.2, 0.25) is 0 Å². The maximum atomic E-state index is 12.8. The van der Waals surface area contributed by atoms with Crippen molar-refractivity contribution in [2.75, 3.05) is 0 Å². The van der Waals surface area contributed by atoms with Crippen LogP contribution in [-0.4, -0.2) is 14.9 Å². The van der Waals surface area contributed by atoms with Gasteiger partial charge in [-0.25, -0.2) is 9.97 Å². The van der Waals surface area contributed by atoms with E-state index in [1.165, 1.54) is 6.07 Å². The summed E-state index contributed by atoms with van der Waals surface area (Å²) < 4.78 is 12.8. The van der Waals surface area contributed by atoms with Gasteiger partial charge in [-0.05, 0) is 6.07 Å². The van der Waals surface area contributed by atoms with E-state index < -0.39 is 10.9 Å². The third-order valence-electron chi connectivity index (χ3n) is 1.89. The number of aromatic nitrogens is 2. The smallest absolute Gasteiger partial charge is 0.258 e. The molecule has 0 aliphatic rings. The number of halogens is 1. The summed E-state index contributed by atoms with van der Waals surface area (Å²) in [7, 11) is 0. The zero-order valence-corrected chi connectivity index (χ0v) is 9.22. The van der Waals surface area contributed by atoms with Crippen LogP contribution in [0.3, 0.4) is 0 Å². The number of hydrogen-bond donors (Lipinski definition) is 0. The molecule has 0 radical (unpaired) electrons. The molecule has 0 N–H and O–H groups in total. The van der Waals surface area contributed by atoms with Gasteiger partial charge < -0.3 is 0 Å². The van der Waals surface area contributed by atoms with Gasteiger partial charge in [-0.1, -0.05) is 23.9 Å². The molecule has 0 aliphatic heterocycles. The van der Waals surface area contributed by atoms with E-state index in [0.29, 0.717) is 9.92 Å². The molecule has 0 aliphatic carbocycles. The van der Waals surface area contributed by atoms with Crippen molar-refractivity contribution in [3.8, 4) is 0 Å². The minimum atomic E-state index is -0.666.